The normalized spacial score (nSPS) is 11.2. The highest BCUT2D eigenvalue weighted by Crippen LogP contribution is 2.11. The van der Waals surface area contributed by atoms with Crippen LogP contribution in [-0.4, -0.2) is 28.5 Å². The van der Waals surface area contributed by atoms with E-state index in [1.54, 1.807) is 18.4 Å². The van der Waals surface area contributed by atoms with Gasteiger partial charge >= 0.3 is 12.2 Å². The maximum absolute atomic E-state index is 11.7. The van der Waals surface area contributed by atoms with E-state index in [4.69, 9.17) is 0 Å². The second kappa shape index (κ2) is 4.86. The van der Waals surface area contributed by atoms with Gasteiger partial charge in [-0.3, -0.25) is 4.68 Å². The molecule has 0 radical (unpaired) electrons. The molecule has 16 heavy (non-hydrogen) atoms. The highest BCUT2D eigenvalue weighted by Gasteiger charge is 2.27. The monoisotopic (exact) mass is 236 g/mol. The topological polar surface area (TPSA) is 59.0 Å². The summed E-state index contributed by atoms with van der Waals surface area (Å²) in [6.45, 7) is -1.22. The molecular weight excluding hydrogens is 225 g/mol. The van der Waals surface area contributed by atoms with E-state index in [-0.39, 0.29) is 6.54 Å². The van der Waals surface area contributed by atoms with E-state index in [0.29, 0.717) is 5.69 Å². The van der Waals surface area contributed by atoms with Crippen molar-refractivity contribution in [2.75, 3.05) is 6.54 Å². The first-order chi connectivity index (χ1) is 7.38. The summed E-state index contributed by atoms with van der Waals surface area (Å²) in [6, 6.07) is 0.794. The van der Waals surface area contributed by atoms with Crippen LogP contribution < -0.4 is 10.6 Å². The lowest BCUT2D eigenvalue weighted by molar-refractivity contribution is -0.122. The summed E-state index contributed by atoms with van der Waals surface area (Å²) < 4.78 is 36.7. The van der Waals surface area contributed by atoms with Crippen LogP contribution in [0.1, 0.15) is 5.69 Å². The van der Waals surface area contributed by atoms with Gasteiger partial charge in [0.05, 0.1) is 12.2 Å². The zero-order chi connectivity index (χ0) is 12.2. The molecule has 0 aliphatic rings. The maximum atomic E-state index is 11.7. The number of amides is 2. The minimum absolute atomic E-state index is 0.125. The second-order valence-corrected chi connectivity index (χ2v) is 3.10. The van der Waals surface area contributed by atoms with Crippen molar-refractivity contribution >= 4 is 6.03 Å². The minimum Gasteiger partial charge on any atom is -0.333 e. The molecule has 1 rings (SSSR count). The first-order valence-electron chi connectivity index (χ1n) is 4.44. The Balaban J connectivity index is 2.29. The molecular formula is C8H11F3N4O. The lowest BCUT2D eigenvalue weighted by Gasteiger charge is -2.09. The smallest absolute Gasteiger partial charge is 0.333 e. The molecule has 0 saturated heterocycles. The third-order valence-corrected chi connectivity index (χ3v) is 1.80. The molecule has 0 spiro atoms. The average Bonchev–Trinajstić information content (AvgIpc) is 2.57. The first kappa shape index (κ1) is 12.3. The first-order valence-corrected chi connectivity index (χ1v) is 4.44. The Labute approximate surface area is 89.6 Å². The van der Waals surface area contributed by atoms with Crippen molar-refractivity contribution < 1.29 is 18.0 Å². The highest BCUT2D eigenvalue weighted by molar-refractivity contribution is 5.73. The van der Waals surface area contributed by atoms with E-state index in [0.717, 1.165) is 0 Å². The fourth-order valence-corrected chi connectivity index (χ4v) is 0.989. The number of urea groups is 1. The third-order valence-electron chi connectivity index (χ3n) is 1.80. The van der Waals surface area contributed by atoms with Crippen LogP contribution in [0.15, 0.2) is 12.3 Å². The zero-order valence-corrected chi connectivity index (χ0v) is 8.51. The van der Waals surface area contributed by atoms with Crippen LogP contribution in [0.3, 0.4) is 0 Å². The Morgan fingerprint density at radius 1 is 1.50 bits per heavy atom. The molecule has 0 bridgehead atoms. The lowest BCUT2D eigenvalue weighted by atomic mass is 10.4. The number of rotatable bonds is 3. The van der Waals surface area contributed by atoms with Crippen molar-refractivity contribution in [1.82, 2.24) is 20.4 Å². The van der Waals surface area contributed by atoms with Crippen LogP contribution in [0.5, 0.6) is 0 Å². The van der Waals surface area contributed by atoms with Crippen LogP contribution in [0.2, 0.25) is 0 Å². The van der Waals surface area contributed by atoms with Gasteiger partial charge in [-0.25, -0.2) is 4.79 Å². The predicted octanol–water partition coefficient (Wildman–Crippen LogP) is 0.782. The van der Waals surface area contributed by atoms with Gasteiger partial charge in [0.15, 0.2) is 0 Å². The summed E-state index contributed by atoms with van der Waals surface area (Å²) in [4.78, 5) is 10.9. The van der Waals surface area contributed by atoms with Crippen molar-refractivity contribution in [3.8, 4) is 0 Å². The zero-order valence-electron chi connectivity index (χ0n) is 8.51. The van der Waals surface area contributed by atoms with Gasteiger partial charge in [0.1, 0.15) is 6.54 Å². The number of hydrogen-bond donors (Lipinski definition) is 2. The van der Waals surface area contributed by atoms with Crippen LogP contribution >= 0.6 is 0 Å². The number of halogens is 3. The molecule has 2 amide bonds. The molecule has 0 saturated carbocycles. The standard InChI is InChI=1S/C8H11F3N4O/c1-15-6(2-3-14-15)4-12-7(16)13-5-8(9,10)11/h2-3H,4-5H2,1H3,(H2,12,13,16). The molecule has 0 fully saturated rings. The van der Waals surface area contributed by atoms with Crippen LogP contribution in [0.4, 0.5) is 18.0 Å². The maximum Gasteiger partial charge on any atom is 0.405 e. The number of carbonyl (C=O) groups is 1. The fraction of sp³-hybridized carbons (Fsp3) is 0.500. The molecule has 0 aliphatic heterocycles. The molecule has 1 aromatic rings. The van der Waals surface area contributed by atoms with Crippen molar-refractivity contribution in [2.45, 2.75) is 12.7 Å². The number of nitrogens with one attached hydrogen (secondary N) is 2. The number of carbonyl (C=O) groups excluding carboxylic acids is 1. The molecule has 5 nitrogen and oxygen atoms in total. The summed E-state index contributed by atoms with van der Waals surface area (Å²) in [5.41, 5.74) is 0.696. The van der Waals surface area contributed by atoms with Gasteiger partial charge in [-0.1, -0.05) is 0 Å². The van der Waals surface area contributed by atoms with Gasteiger partial charge in [0, 0.05) is 13.2 Å². The molecule has 0 aliphatic carbocycles. The number of alkyl halides is 3. The van der Waals surface area contributed by atoms with Gasteiger partial charge in [0.25, 0.3) is 0 Å². The summed E-state index contributed by atoms with van der Waals surface area (Å²) >= 11 is 0. The summed E-state index contributed by atoms with van der Waals surface area (Å²) in [5.74, 6) is 0. The average molecular weight is 236 g/mol. The van der Waals surface area contributed by atoms with E-state index in [1.807, 2.05) is 0 Å². The molecule has 1 aromatic heterocycles. The highest BCUT2D eigenvalue weighted by atomic mass is 19.4. The van der Waals surface area contributed by atoms with E-state index >= 15 is 0 Å². The van der Waals surface area contributed by atoms with E-state index in [2.05, 4.69) is 10.4 Å². The van der Waals surface area contributed by atoms with E-state index < -0.39 is 18.8 Å². The Morgan fingerprint density at radius 3 is 2.69 bits per heavy atom. The van der Waals surface area contributed by atoms with Gasteiger partial charge in [-0.05, 0) is 6.07 Å². The minimum atomic E-state index is -4.40. The molecule has 0 unspecified atom stereocenters. The van der Waals surface area contributed by atoms with Gasteiger partial charge in [0.2, 0.25) is 0 Å². The quantitative estimate of drug-likeness (QED) is 0.814. The largest absolute Gasteiger partial charge is 0.405 e. The third kappa shape index (κ3) is 4.20. The number of aryl methyl sites for hydroxylation is 1. The van der Waals surface area contributed by atoms with Crippen molar-refractivity contribution in [3.63, 3.8) is 0 Å². The summed E-state index contributed by atoms with van der Waals surface area (Å²) in [6.07, 6.45) is -2.87. The number of hydrogen-bond acceptors (Lipinski definition) is 2. The second-order valence-electron chi connectivity index (χ2n) is 3.10. The van der Waals surface area contributed by atoms with Crippen molar-refractivity contribution in [3.05, 3.63) is 18.0 Å². The van der Waals surface area contributed by atoms with Gasteiger partial charge in [-0.15, -0.1) is 0 Å². The lowest BCUT2D eigenvalue weighted by Crippen LogP contribution is -2.40. The fourth-order valence-electron chi connectivity index (χ4n) is 0.989. The van der Waals surface area contributed by atoms with Gasteiger partial charge in [-0.2, -0.15) is 18.3 Å². The molecule has 2 N–H and O–H groups in total. The van der Waals surface area contributed by atoms with Crippen LogP contribution in [-0.2, 0) is 13.6 Å². The summed E-state index contributed by atoms with van der Waals surface area (Å²) in [5, 5.41) is 7.83. The van der Waals surface area contributed by atoms with Gasteiger partial charge < -0.3 is 10.6 Å². The number of aromatic nitrogens is 2. The Hall–Kier alpha value is -1.73. The molecule has 0 atom stereocenters. The Kier molecular flexibility index (Phi) is 3.75. The predicted molar refractivity (Wildman–Crippen MR) is 49.5 cm³/mol. The Morgan fingerprint density at radius 2 is 2.19 bits per heavy atom. The molecule has 90 valence electrons. The molecule has 0 aromatic carbocycles. The molecule has 1 heterocycles. The van der Waals surface area contributed by atoms with Crippen molar-refractivity contribution in [1.29, 1.82) is 0 Å². The van der Waals surface area contributed by atoms with E-state index in [1.165, 1.54) is 10.9 Å². The van der Waals surface area contributed by atoms with E-state index in [9.17, 15) is 18.0 Å². The molecule has 8 heteroatoms. The van der Waals surface area contributed by atoms with Crippen molar-refractivity contribution in [2.24, 2.45) is 7.05 Å². The van der Waals surface area contributed by atoms with Crippen LogP contribution in [0.25, 0.3) is 0 Å². The Bertz CT molecular complexity index is 360. The number of nitrogens with zero attached hydrogens (tertiary/aromatic N) is 2. The SMILES string of the molecule is Cn1nccc1CNC(=O)NCC(F)(F)F. The van der Waals surface area contributed by atoms with Crippen LogP contribution in [0, 0.1) is 0 Å². The summed E-state index contributed by atoms with van der Waals surface area (Å²) in [7, 11) is 1.67.